The molecule has 2 rings (SSSR count). The molecular weight excluding hydrogens is 319 g/mol. The van der Waals surface area contributed by atoms with Crippen LogP contribution >= 0.6 is 11.6 Å². The maximum Gasteiger partial charge on any atom is 0.194 e. The minimum Gasteiger partial charge on any atom is -0.349 e. The van der Waals surface area contributed by atoms with E-state index >= 15 is 0 Å². The molecule has 0 saturated carbocycles. The highest BCUT2D eigenvalue weighted by Crippen LogP contribution is 2.20. The summed E-state index contributed by atoms with van der Waals surface area (Å²) in [6, 6.07) is 4.66. The molecule has 1 aromatic carbocycles. The van der Waals surface area contributed by atoms with E-state index in [2.05, 4.69) is 20.5 Å². The fraction of sp³-hybridized carbons (Fsp3) is 0.400. The second-order valence-electron chi connectivity index (χ2n) is 5.18. The number of halogens is 2. The van der Waals surface area contributed by atoms with E-state index in [1.807, 2.05) is 25.6 Å². The van der Waals surface area contributed by atoms with Crippen molar-refractivity contribution >= 4 is 17.6 Å². The predicted molar refractivity (Wildman–Crippen MR) is 88.8 cm³/mol. The topological polar surface area (TPSA) is 58.3 Å². The molecule has 0 spiro atoms. The number of nitrogens with one attached hydrogen (secondary N) is 1. The Morgan fingerprint density at radius 2 is 2.17 bits per heavy atom. The van der Waals surface area contributed by atoms with Gasteiger partial charge in [0.05, 0.1) is 6.54 Å². The SMILES string of the molecule is CN=C(NCc1nnc(C)n1C)N(C)Cc1c(F)cccc1Cl. The number of rotatable bonds is 4. The standard InChI is InChI=1S/C15H20ClFN6/c1-10-20-21-14(23(10)4)8-19-15(18-2)22(3)9-11-12(16)6-5-7-13(11)17/h5-7H,8-9H2,1-4H3,(H,18,19). The maximum atomic E-state index is 13.9. The van der Waals surface area contributed by atoms with Crippen LogP contribution in [-0.4, -0.2) is 39.7 Å². The van der Waals surface area contributed by atoms with Crippen LogP contribution in [0.5, 0.6) is 0 Å². The summed E-state index contributed by atoms with van der Waals surface area (Å²) in [7, 11) is 5.39. The van der Waals surface area contributed by atoms with Gasteiger partial charge in [0.2, 0.25) is 0 Å². The molecule has 124 valence electrons. The van der Waals surface area contributed by atoms with Crippen LogP contribution in [0, 0.1) is 12.7 Å². The summed E-state index contributed by atoms with van der Waals surface area (Å²) in [6.07, 6.45) is 0. The number of hydrogen-bond donors (Lipinski definition) is 1. The van der Waals surface area contributed by atoms with Gasteiger partial charge in [0.1, 0.15) is 11.6 Å². The number of aromatic nitrogens is 3. The van der Waals surface area contributed by atoms with Crippen LogP contribution in [0.2, 0.25) is 5.02 Å². The molecule has 0 fully saturated rings. The fourth-order valence-electron chi connectivity index (χ4n) is 2.14. The summed E-state index contributed by atoms with van der Waals surface area (Å²) in [4.78, 5) is 6.00. The monoisotopic (exact) mass is 338 g/mol. The zero-order chi connectivity index (χ0) is 17.0. The van der Waals surface area contributed by atoms with Gasteiger partial charge >= 0.3 is 0 Å². The number of aliphatic imine (C=N–C) groups is 1. The molecular formula is C15H20ClFN6. The molecule has 1 heterocycles. The van der Waals surface area contributed by atoms with Crippen molar-refractivity contribution < 1.29 is 4.39 Å². The number of aryl methyl sites for hydroxylation is 1. The maximum absolute atomic E-state index is 13.9. The van der Waals surface area contributed by atoms with Crippen molar-refractivity contribution in [2.75, 3.05) is 14.1 Å². The van der Waals surface area contributed by atoms with Crippen LogP contribution in [0.4, 0.5) is 4.39 Å². The molecule has 23 heavy (non-hydrogen) atoms. The summed E-state index contributed by atoms with van der Waals surface area (Å²) in [5.74, 6) is 1.91. The Bertz CT molecular complexity index is 692. The van der Waals surface area contributed by atoms with E-state index in [4.69, 9.17) is 11.6 Å². The first-order chi connectivity index (χ1) is 10.9. The Morgan fingerprint density at radius 3 is 2.74 bits per heavy atom. The average Bonchev–Trinajstić information content (AvgIpc) is 2.83. The van der Waals surface area contributed by atoms with E-state index in [1.54, 1.807) is 24.1 Å². The lowest BCUT2D eigenvalue weighted by Crippen LogP contribution is -2.38. The molecule has 0 atom stereocenters. The molecule has 1 aromatic heterocycles. The van der Waals surface area contributed by atoms with E-state index < -0.39 is 0 Å². The van der Waals surface area contributed by atoms with Crippen LogP contribution in [0.3, 0.4) is 0 Å². The van der Waals surface area contributed by atoms with E-state index in [0.717, 1.165) is 11.6 Å². The number of benzene rings is 1. The first-order valence-electron chi connectivity index (χ1n) is 7.13. The Labute approximate surface area is 140 Å². The lowest BCUT2D eigenvalue weighted by molar-refractivity contribution is 0.459. The molecule has 0 aliphatic rings. The third kappa shape index (κ3) is 3.98. The van der Waals surface area contributed by atoms with Gasteiger partial charge in [0.15, 0.2) is 11.8 Å². The number of nitrogens with zero attached hydrogens (tertiary/aromatic N) is 5. The van der Waals surface area contributed by atoms with Crippen LogP contribution in [0.1, 0.15) is 17.2 Å². The molecule has 8 heteroatoms. The van der Waals surface area contributed by atoms with Gasteiger partial charge in [0, 0.05) is 38.3 Å². The van der Waals surface area contributed by atoms with Crippen LogP contribution in [0.25, 0.3) is 0 Å². The van der Waals surface area contributed by atoms with Gasteiger partial charge in [-0.2, -0.15) is 0 Å². The first kappa shape index (κ1) is 17.2. The molecule has 0 bridgehead atoms. The minimum absolute atomic E-state index is 0.309. The van der Waals surface area contributed by atoms with Gasteiger partial charge in [-0.25, -0.2) is 4.39 Å². The molecule has 0 unspecified atom stereocenters. The lowest BCUT2D eigenvalue weighted by Gasteiger charge is -2.22. The van der Waals surface area contributed by atoms with Crippen molar-refractivity contribution in [3.63, 3.8) is 0 Å². The van der Waals surface area contributed by atoms with Crippen molar-refractivity contribution in [3.05, 3.63) is 46.3 Å². The molecule has 6 nitrogen and oxygen atoms in total. The summed E-state index contributed by atoms with van der Waals surface area (Å²) in [5, 5.41) is 11.7. The quantitative estimate of drug-likeness (QED) is 0.685. The Morgan fingerprint density at radius 1 is 1.43 bits per heavy atom. The highest BCUT2D eigenvalue weighted by Gasteiger charge is 2.13. The van der Waals surface area contributed by atoms with Gasteiger partial charge < -0.3 is 14.8 Å². The summed E-state index contributed by atoms with van der Waals surface area (Å²) in [6.45, 7) is 2.67. The third-order valence-corrected chi connectivity index (χ3v) is 3.97. The summed E-state index contributed by atoms with van der Waals surface area (Å²) in [5.41, 5.74) is 0.439. The van der Waals surface area contributed by atoms with Crippen molar-refractivity contribution in [1.29, 1.82) is 0 Å². The largest absolute Gasteiger partial charge is 0.349 e. The van der Waals surface area contributed by atoms with Crippen molar-refractivity contribution in [2.45, 2.75) is 20.0 Å². The third-order valence-electron chi connectivity index (χ3n) is 3.62. The minimum atomic E-state index is -0.330. The van der Waals surface area contributed by atoms with Crippen molar-refractivity contribution in [1.82, 2.24) is 25.0 Å². The smallest absolute Gasteiger partial charge is 0.194 e. The molecule has 0 aliphatic carbocycles. The second kappa shape index (κ2) is 7.41. The predicted octanol–water partition coefficient (Wildman–Crippen LogP) is 2.12. The number of hydrogen-bond acceptors (Lipinski definition) is 3. The van der Waals surface area contributed by atoms with Gasteiger partial charge in [-0.1, -0.05) is 17.7 Å². The normalized spacial score (nSPS) is 11.7. The van der Waals surface area contributed by atoms with Crippen molar-refractivity contribution in [3.8, 4) is 0 Å². The second-order valence-corrected chi connectivity index (χ2v) is 5.59. The average molecular weight is 339 g/mol. The Kier molecular flexibility index (Phi) is 5.54. The highest BCUT2D eigenvalue weighted by molar-refractivity contribution is 6.31. The molecule has 0 amide bonds. The van der Waals surface area contributed by atoms with E-state index in [9.17, 15) is 4.39 Å². The Hall–Kier alpha value is -2.15. The molecule has 0 radical (unpaired) electrons. The molecule has 0 aliphatic heterocycles. The highest BCUT2D eigenvalue weighted by atomic mass is 35.5. The number of guanidine groups is 1. The van der Waals surface area contributed by atoms with Crippen LogP contribution in [-0.2, 0) is 20.1 Å². The molecule has 1 N–H and O–H groups in total. The van der Waals surface area contributed by atoms with E-state index in [-0.39, 0.29) is 5.82 Å². The fourth-order valence-corrected chi connectivity index (χ4v) is 2.37. The molecule has 2 aromatic rings. The molecule has 0 saturated heterocycles. The van der Waals surface area contributed by atoms with Gasteiger partial charge in [0.25, 0.3) is 0 Å². The van der Waals surface area contributed by atoms with E-state index in [0.29, 0.717) is 29.6 Å². The lowest BCUT2D eigenvalue weighted by atomic mass is 10.2. The van der Waals surface area contributed by atoms with E-state index in [1.165, 1.54) is 6.07 Å². The zero-order valence-corrected chi connectivity index (χ0v) is 14.4. The van der Waals surface area contributed by atoms with Crippen molar-refractivity contribution in [2.24, 2.45) is 12.0 Å². The van der Waals surface area contributed by atoms with Gasteiger partial charge in [-0.3, -0.25) is 4.99 Å². The van der Waals surface area contributed by atoms with Gasteiger partial charge in [-0.15, -0.1) is 10.2 Å². The first-order valence-corrected chi connectivity index (χ1v) is 7.51. The zero-order valence-electron chi connectivity index (χ0n) is 13.6. The Balaban J connectivity index is 2.04. The summed E-state index contributed by atoms with van der Waals surface area (Å²) >= 11 is 6.07. The van der Waals surface area contributed by atoms with Crippen LogP contribution in [0.15, 0.2) is 23.2 Å². The van der Waals surface area contributed by atoms with Gasteiger partial charge in [-0.05, 0) is 19.1 Å². The van der Waals surface area contributed by atoms with Crippen LogP contribution < -0.4 is 5.32 Å². The summed E-state index contributed by atoms with van der Waals surface area (Å²) < 4.78 is 15.8.